The first-order valence-corrected chi connectivity index (χ1v) is 9.69. The maximum atomic E-state index is 2.74. The second kappa shape index (κ2) is 8.03. The molecular weight excluding hydrogens is 306 g/mol. The lowest BCUT2D eigenvalue weighted by Crippen LogP contribution is -2.53. The van der Waals surface area contributed by atoms with Gasteiger partial charge in [0.2, 0.25) is 0 Å². The largest absolute Gasteiger partial charge is 0.369 e. The van der Waals surface area contributed by atoms with Crippen molar-refractivity contribution in [1.29, 1.82) is 0 Å². The van der Waals surface area contributed by atoms with Crippen LogP contribution in [0.25, 0.3) is 0 Å². The predicted octanol–water partition coefficient (Wildman–Crippen LogP) is 3.47. The van der Waals surface area contributed by atoms with Gasteiger partial charge >= 0.3 is 0 Å². The number of para-hydroxylation sites is 1. The van der Waals surface area contributed by atoms with Crippen molar-refractivity contribution in [3.8, 4) is 0 Å². The van der Waals surface area contributed by atoms with Gasteiger partial charge < -0.3 is 4.90 Å². The molecule has 2 aliphatic rings. The molecule has 25 heavy (non-hydrogen) atoms. The topological polar surface area (TPSA) is 9.72 Å². The average Bonchev–Trinajstić information content (AvgIpc) is 2.70. The Morgan fingerprint density at radius 1 is 0.680 bits per heavy atom. The highest BCUT2D eigenvalue weighted by Crippen LogP contribution is 2.22. The van der Waals surface area contributed by atoms with Crippen molar-refractivity contribution in [3.05, 3.63) is 66.2 Å². The quantitative estimate of drug-likeness (QED) is 0.847. The average molecular weight is 335 g/mol. The second-order valence-corrected chi connectivity index (χ2v) is 7.35. The summed E-state index contributed by atoms with van der Waals surface area (Å²) in [4.78, 5) is 7.88. The van der Waals surface area contributed by atoms with Gasteiger partial charge in [0.15, 0.2) is 0 Å². The summed E-state index contributed by atoms with van der Waals surface area (Å²) in [7, 11) is 0. The standard InChI is InChI=1S/C22H29N3/c1-3-7-20(8-4-1)19-23-13-11-22(12-14-23)25-17-15-24(16-18-25)21-9-5-2-6-10-21/h1-10,22H,11-19H2. The fourth-order valence-corrected chi connectivity index (χ4v) is 4.27. The van der Waals surface area contributed by atoms with Gasteiger partial charge in [-0.15, -0.1) is 0 Å². The highest BCUT2D eigenvalue weighted by Gasteiger charge is 2.27. The summed E-state index contributed by atoms with van der Waals surface area (Å²) in [6, 6.07) is 22.5. The summed E-state index contributed by atoms with van der Waals surface area (Å²) < 4.78 is 0. The first-order chi connectivity index (χ1) is 12.4. The molecule has 2 aromatic carbocycles. The van der Waals surface area contributed by atoms with Crippen molar-refractivity contribution >= 4 is 5.69 Å². The fraction of sp³-hybridized carbons (Fsp3) is 0.455. The van der Waals surface area contributed by atoms with E-state index >= 15 is 0 Å². The monoisotopic (exact) mass is 335 g/mol. The maximum Gasteiger partial charge on any atom is 0.0367 e. The second-order valence-electron chi connectivity index (χ2n) is 7.35. The van der Waals surface area contributed by atoms with Crippen LogP contribution >= 0.6 is 0 Å². The van der Waals surface area contributed by atoms with E-state index in [4.69, 9.17) is 0 Å². The molecule has 0 atom stereocenters. The highest BCUT2D eigenvalue weighted by atomic mass is 15.3. The van der Waals surface area contributed by atoms with Gasteiger partial charge in [0.25, 0.3) is 0 Å². The van der Waals surface area contributed by atoms with E-state index in [0.29, 0.717) is 0 Å². The molecule has 2 aromatic rings. The van der Waals surface area contributed by atoms with Crippen LogP contribution in [0.3, 0.4) is 0 Å². The van der Waals surface area contributed by atoms with Crippen molar-refractivity contribution < 1.29 is 0 Å². The number of benzene rings is 2. The Morgan fingerprint density at radius 2 is 1.28 bits per heavy atom. The summed E-state index contributed by atoms with van der Waals surface area (Å²) in [6.07, 6.45) is 2.64. The molecule has 0 unspecified atom stereocenters. The molecule has 2 aliphatic heterocycles. The minimum absolute atomic E-state index is 0.782. The zero-order valence-corrected chi connectivity index (χ0v) is 15.1. The van der Waals surface area contributed by atoms with Crippen LogP contribution in [-0.2, 0) is 6.54 Å². The molecule has 0 aliphatic carbocycles. The van der Waals surface area contributed by atoms with E-state index in [0.717, 1.165) is 25.7 Å². The van der Waals surface area contributed by atoms with E-state index in [1.165, 1.54) is 50.3 Å². The number of piperazine rings is 1. The van der Waals surface area contributed by atoms with Gasteiger partial charge in [0.05, 0.1) is 0 Å². The van der Waals surface area contributed by atoms with Crippen molar-refractivity contribution in [3.63, 3.8) is 0 Å². The first-order valence-electron chi connectivity index (χ1n) is 9.69. The summed E-state index contributed by atoms with van der Waals surface area (Å²) in [5.74, 6) is 0. The summed E-state index contributed by atoms with van der Waals surface area (Å²) in [6.45, 7) is 8.31. The van der Waals surface area contributed by atoms with Crippen molar-refractivity contribution in [2.24, 2.45) is 0 Å². The highest BCUT2D eigenvalue weighted by molar-refractivity contribution is 5.46. The van der Waals surface area contributed by atoms with Crippen LogP contribution in [0.2, 0.25) is 0 Å². The molecule has 0 saturated carbocycles. The van der Waals surface area contributed by atoms with Gasteiger partial charge in [-0.2, -0.15) is 0 Å². The molecule has 3 heteroatoms. The minimum Gasteiger partial charge on any atom is -0.369 e. The molecule has 2 saturated heterocycles. The normalized spacial score (nSPS) is 20.7. The van der Waals surface area contributed by atoms with E-state index in [9.17, 15) is 0 Å². The van der Waals surface area contributed by atoms with Gasteiger partial charge in [0, 0.05) is 44.5 Å². The SMILES string of the molecule is c1ccc(CN2CCC(N3CCN(c4ccccc4)CC3)CC2)cc1. The maximum absolute atomic E-state index is 2.74. The zero-order valence-electron chi connectivity index (χ0n) is 15.1. The molecule has 0 amide bonds. The number of piperidine rings is 1. The molecule has 2 heterocycles. The first kappa shape index (κ1) is 16.6. The van der Waals surface area contributed by atoms with E-state index < -0.39 is 0 Å². The van der Waals surface area contributed by atoms with Crippen LogP contribution in [0.4, 0.5) is 5.69 Å². The summed E-state index contributed by atoms with van der Waals surface area (Å²) >= 11 is 0. The Hall–Kier alpha value is -1.84. The molecule has 132 valence electrons. The van der Waals surface area contributed by atoms with E-state index in [2.05, 4.69) is 75.4 Å². The summed E-state index contributed by atoms with van der Waals surface area (Å²) in [5, 5.41) is 0. The van der Waals surface area contributed by atoms with Crippen LogP contribution < -0.4 is 4.90 Å². The van der Waals surface area contributed by atoms with Crippen LogP contribution in [0.15, 0.2) is 60.7 Å². The van der Waals surface area contributed by atoms with Crippen molar-refractivity contribution in [1.82, 2.24) is 9.80 Å². The third-order valence-electron chi connectivity index (χ3n) is 5.76. The van der Waals surface area contributed by atoms with Gasteiger partial charge in [-0.3, -0.25) is 9.80 Å². The predicted molar refractivity (Wildman–Crippen MR) is 105 cm³/mol. The van der Waals surface area contributed by atoms with Crippen LogP contribution in [-0.4, -0.2) is 55.1 Å². The molecule has 3 nitrogen and oxygen atoms in total. The minimum atomic E-state index is 0.782. The van der Waals surface area contributed by atoms with Crippen molar-refractivity contribution in [2.45, 2.75) is 25.4 Å². The molecule has 0 bridgehead atoms. The Labute approximate surface area is 151 Å². The lowest BCUT2D eigenvalue weighted by Gasteiger charge is -2.43. The zero-order chi connectivity index (χ0) is 16.9. The number of hydrogen-bond donors (Lipinski definition) is 0. The van der Waals surface area contributed by atoms with E-state index in [1.54, 1.807) is 0 Å². The number of rotatable bonds is 4. The molecule has 2 fully saturated rings. The molecule has 0 aromatic heterocycles. The van der Waals surface area contributed by atoms with Crippen LogP contribution in [0.1, 0.15) is 18.4 Å². The van der Waals surface area contributed by atoms with Crippen LogP contribution in [0, 0.1) is 0 Å². The van der Waals surface area contributed by atoms with Gasteiger partial charge in [-0.1, -0.05) is 48.5 Å². The van der Waals surface area contributed by atoms with E-state index in [1.807, 2.05) is 0 Å². The number of nitrogens with zero attached hydrogens (tertiary/aromatic N) is 3. The van der Waals surface area contributed by atoms with Gasteiger partial charge in [0.1, 0.15) is 0 Å². The lowest BCUT2D eigenvalue weighted by molar-refractivity contribution is 0.0998. The van der Waals surface area contributed by atoms with Gasteiger partial charge in [-0.25, -0.2) is 0 Å². The molecular formula is C22H29N3. The Balaban J connectivity index is 1.24. The Kier molecular flexibility index (Phi) is 5.34. The van der Waals surface area contributed by atoms with Crippen molar-refractivity contribution in [2.75, 3.05) is 44.2 Å². The Morgan fingerprint density at radius 3 is 1.92 bits per heavy atom. The lowest BCUT2D eigenvalue weighted by atomic mass is 10.0. The van der Waals surface area contributed by atoms with Crippen LogP contribution in [0.5, 0.6) is 0 Å². The molecule has 4 rings (SSSR count). The number of anilines is 1. The van der Waals surface area contributed by atoms with Gasteiger partial charge in [-0.05, 0) is 43.6 Å². The summed E-state index contributed by atoms with van der Waals surface area (Å²) in [5.41, 5.74) is 2.82. The third kappa shape index (κ3) is 4.23. The molecule has 0 spiro atoms. The number of likely N-dealkylation sites (tertiary alicyclic amines) is 1. The fourth-order valence-electron chi connectivity index (χ4n) is 4.27. The van der Waals surface area contributed by atoms with E-state index in [-0.39, 0.29) is 0 Å². The third-order valence-corrected chi connectivity index (χ3v) is 5.76. The Bertz CT molecular complexity index is 627. The number of hydrogen-bond acceptors (Lipinski definition) is 3. The molecule has 0 N–H and O–H groups in total. The smallest absolute Gasteiger partial charge is 0.0367 e. The molecule has 0 radical (unpaired) electrons.